The Balaban J connectivity index is 1.44. The smallest absolute Gasteiger partial charge is 0.112 e. The van der Waals surface area contributed by atoms with Gasteiger partial charge in [-0.05, 0) is 30.7 Å². The number of hydrogen-bond donors (Lipinski definition) is 0. The van der Waals surface area contributed by atoms with Gasteiger partial charge in [0.25, 0.3) is 0 Å². The number of aryl methyl sites for hydroxylation is 1. The first-order valence-electron chi connectivity index (χ1n) is 9.76. The van der Waals surface area contributed by atoms with Crippen LogP contribution < -0.4 is 0 Å². The molecule has 4 rings (SSSR count). The standard InChI is InChI=1S/C22H25ClN4O/c1-2-27-15-17(13-24-27)14-26-10-11-28-22(16-26)21-9-5-7-19(25-21)12-18-6-3-4-8-20(18)23/h3-9,13,15,22H,2,10-12,14,16H2,1H3/t22-/m1/s1. The number of halogens is 1. The Morgan fingerprint density at radius 2 is 2.07 bits per heavy atom. The van der Waals surface area contributed by atoms with Gasteiger partial charge < -0.3 is 4.74 Å². The summed E-state index contributed by atoms with van der Waals surface area (Å²) in [5.74, 6) is 0. The van der Waals surface area contributed by atoms with Gasteiger partial charge in [0.1, 0.15) is 6.10 Å². The van der Waals surface area contributed by atoms with Gasteiger partial charge in [0.05, 0.1) is 18.5 Å². The van der Waals surface area contributed by atoms with Crippen molar-refractivity contribution in [2.45, 2.75) is 32.5 Å². The SMILES string of the molecule is CCn1cc(CN2CCO[C@@H](c3cccc(Cc4ccccc4Cl)n3)C2)cn1. The summed E-state index contributed by atoms with van der Waals surface area (Å²) in [5.41, 5.74) is 4.32. The number of ether oxygens (including phenoxy) is 1. The first-order valence-corrected chi connectivity index (χ1v) is 10.1. The molecule has 0 aliphatic carbocycles. The van der Waals surface area contributed by atoms with Crippen molar-refractivity contribution in [3.63, 3.8) is 0 Å². The van der Waals surface area contributed by atoms with Crippen LogP contribution in [0.2, 0.25) is 5.02 Å². The molecule has 0 spiro atoms. The lowest BCUT2D eigenvalue weighted by molar-refractivity contribution is -0.0350. The molecule has 0 saturated carbocycles. The van der Waals surface area contributed by atoms with Crippen LogP contribution >= 0.6 is 11.6 Å². The van der Waals surface area contributed by atoms with Crippen molar-refractivity contribution >= 4 is 11.6 Å². The summed E-state index contributed by atoms with van der Waals surface area (Å²) in [5, 5.41) is 5.15. The largest absolute Gasteiger partial charge is 0.369 e. The third kappa shape index (κ3) is 4.61. The van der Waals surface area contributed by atoms with Crippen molar-refractivity contribution in [3.8, 4) is 0 Å². The van der Waals surface area contributed by atoms with Gasteiger partial charge in [0, 0.05) is 55.1 Å². The van der Waals surface area contributed by atoms with Crippen molar-refractivity contribution in [3.05, 3.63) is 82.4 Å². The minimum atomic E-state index is -0.0128. The van der Waals surface area contributed by atoms with E-state index in [0.717, 1.165) is 54.6 Å². The Hall–Kier alpha value is -2.21. The Kier molecular flexibility index (Phi) is 6.05. The van der Waals surface area contributed by atoms with E-state index in [4.69, 9.17) is 21.3 Å². The fourth-order valence-electron chi connectivity index (χ4n) is 3.56. The van der Waals surface area contributed by atoms with Gasteiger partial charge in [0.2, 0.25) is 0 Å². The van der Waals surface area contributed by atoms with Crippen LogP contribution in [0.25, 0.3) is 0 Å². The molecule has 0 bridgehead atoms. The summed E-state index contributed by atoms with van der Waals surface area (Å²) in [4.78, 5) is 7.28. The third-order valence-electron chi connectivity index (χ3n) is 5.06. The molecule has 5 nitrogen and oxygen atoms in total. The van der Waals surface area contributed by atoms with Crippen LogP contribution in [0.4, 0.5) is 0 Å². The minimum absolute atomic E-state index is 0.0128. The van der Waals surface area contributed by atoms with Crippen LogP contribution in [-0.4, -0.2) is 39.4 Å². The predicted octanol–water partition coefficient (Wildman–Crippen LogP) is 4.12. The molecule has 3 heterocycles. The predicted molar refractivity (Wildman–Crippen MR) is 110 cm³/mol. The van der Waals surface area contributed by atoms with Gasteiger partial charge in [-0.1, -0.05) is 35.9 Å². The van der Waals surface area contributed by atoms with E-state index in [0.29, 0.717) is 6.61 Å². The number of rotatable bonds is 6. The van der Waals surface area contributed by atoms with Crippen molar-refractivity contribution in [2.75, 3.05) is 19.7 Å². The molecule has 6 heteroatoms. The quantitative estimate of drug-likeness (QED) is 0.628. The highest BCUT2D eigenvalue weighted by atomic mass is 35.5. The van der Waals surface area contributed by atoms with Crippen LogP contribution in [0.1, 0.15) is 35.5 Å². The molecule has 1 saturated heterocycles. The second-order valence-electron chi connectivity index (χ2n) is 7.12. The molecule has 0 radical (unpaired) electrons. The summed E-state index contributed by atoms with van der Waals surface area (Å²) in [6.07, 6.45) is 4.78. The van der Waals surface area contributed by atoms with E-state index in [9.17, 15) is 0 Å². The molecule has 0 amide bonds. The van der Waals surface area contributed by atoms with Crippen LogP contribution in [-0.2, 0) is 24.2 Å². The number of pyridine rings is 1. The van der Waals surface area contributed by atoms with E-state index < -0.39 is 0 Å². The van der Waals surface area contributed by atoms with Crippen molar-refractivity contribution in [1.29, 1.82) is 0 Å². The number of morpholine rings is 1. The van der Waals surface area contributed by atoms with Gasteiger partial charge in [0.15, 0.2) is 0 Å². The molecule has 0 unspecified atom stereocenters. The van der Waals surface area contributed by atoms with Crippen molar-refractivity contribution < 1.29 is 4.74 Å². The van der Waals surface area contributed by atoms with Crippen LogP contribution in [0.3, 0.4) is 0 Å². The fourth-order valence-corrected chi connectivity index (χ4v) is 3.76. The second kappa shape index (κ2) is 8.86. The molecule has 2 aromatic heterocycles. The Morgan fingerprint density at radius 3 is 2.89 bits per heavy atom. The normalized spacial score (nSPS) is 17.7. The zero-order valence-electron chi connectivity index (χ0n) is 16.1. The first-order chi connectivity index (χ1) is 13.7. The first kappa shape index (κ1) is 19.1. The van der Waals surface area contributed by atoms with E-state index in [1.54, 1.807) is 0 Å². The maximum Gasteiger partial charge on any atom is 0.112 e. The molecule has 146 valence electrons. The van der Waals surface area contributed by atoms with E-state index in [-0.39, 0.29) is 6.10 Å². The minimum Gasteiger partial charge on any atom is -0.369 e. The van der Waals surface area contributed by atoms with E-state index in [1.165, 1.54) is 5.56 Å². The van der Waals surface area contributed by atoms with Crippen molar-refractivity contribution in [2.24, 2.45) is 0 Å². The topological polar surface area (TPSA) is 43.2 Å². The highest BCUT2D eigenvalue weighted by molar-refractivity contribution is 6.31. The number of hydrogen-bond acceptors (Lipinski definition) is 4. The lowest BCUT2D eigenvalue weighted by atomic mass is 10.1. The summed E-state index contributed by atoms with van der Waals surface area (Å²) < 4.78 is 8.00. The number of aromatic nitrogens is 3. The van der Waals surface area contributed by atoms with Gasteiger partial charge in [-0.3, -0.25) is 14.6 Å². The molecule has 3 aromatic rings. The van der Waals surface area contributed by atoms with Gasteiger partial charge in [-0.25, -0.2) is 0 Å². The van der Waals surface area contributed by atoms with E-state index >= 15 is 0 Å². The molecule has 1 atom stereocenters. The second-order valence-corrected chi connectivity index (χ2v) is 7.53. The average molecular weight is 397 g/mol. The molecule has 28 heavy (non-hydrogen) atoms. The molecule has 1 aliphatic heterocycles. The van der Waals surface area contributed by atoms with E-state index in [2.05, 4.69) is 35.3 Å². The Morgan fingerprint density at radius 1 is 1.18 bits per heavy atom. The average Bonchev–Trinajstić information content (AvgIpc) is 3.18. The summed E-state index contributed by atoms with van der Waals surface area (Å²) in [6.45, 7) is 6.35. The van der Waals surface area contributed by atoms with Gasteiger partial charge in [-0.15, -0.1) is 0 Å². The zero-order valence-corrected chi connectivity index (χ0v) is 16.8. The Bertz CT molecular complexity index is 926. The molecular formula is C22H25ClN4O. The molecule has 1 aromatic carbocycles. The Labute approximate surface area is 170 Å². The van der Waals surface area contributed by atoms with Crippen molar-refractivity contribution in [1.82, 2.24) is 19.7 Å². The molecule has 1 fully saturated rings. The summed E-state index contributed by atoms with van der Waals surface area (Å²) in [6, 6.07) is 14.1. The molecule has 0 N–H and O–H groups in total. The maximum absolute atomic E-state index is 6.30. The summed E-state index contributed by atoms with van der Waals surface area (Å²) in [7, 11) is 0. The zero-order chi connectivity index (χ0) is 19.3. The molecule has 1 aliphatic rings. The lowest BCUT2D eigenvalue weighted by Crippen LogP contribution is -2.38. The van der Waals surface area contributed by atoms with Crippen LogP contribution in [0.15, 0.2) is 54.9 Å². The van der Waals surface area contributed by atoms with Crippen LogP contribution in [0, 0.1) is 0 Å². The fraction of sp³-hybridized carbons (Fsp3) is 0.364. The lowest BCUT2D eigenvalue weighted by Gasteiger charge is -2.32. The third-order valence-corrected chi connectivity index (χ3v) is 5.42. The highest BCUT2D eigenvalue weighted by Crippen LogP contribution is 2.24. The van der Waals surface area contributed by atoms with Gasteiger partial charge in [-0.2, -0.15) is 5.10 Å². The van der Waals surface area contributed by atoms with Gasteiger partial charge >= 0.3 is 0 Å². The van der Waals surface area contributed by atoms with E-state index in [1.807, 2.05) is 41.2 Å². The number of nitrogens with zero attached hydrogens (tertiary/aromatic N) is 4. The highest BCUT2D eigenvalue weighted by Gasteiger charge is 2.23. The number of benzene rings is 1. The van der Waals surface area contributed by atoms with Crippen LogP contribution in [0.5, 0.6) is 0 Å². The molecular weight excluding hydrogens is 372 g/mol. The monoisotopic (exact) mass is 396 g/mol. The summed E-state index contributed by atoms with van der Waals surface area (Å²) >= 11 is 6.30. The maximum atomic E-state index is 6.30.